The van der Waals surface area contributed by atoms with Crippen LogP contribution in [0.4, 0.5) is 0 Å². The average Bonchev–Trinajstić information content (AvgIpc) is 3.16. The Hall–Kier alpha value is -2.07. The SMILES string of the molecule is Cc1ccccc1[C@@H]1CCCN1C(=O)c1ccc(CN)o1. The summed E-state index contributed by atoms with van der Waals surface area (Å²) < 4.78 is 5.51. The van der Waals surface area contributed by atoms with Crippen LogP contribution in [0.1, 0.15) is 46.3 Å². The van der Waals surface area contributed by atoms with Crippen LogP contribution in [-0.2, 0) is 6.54 Å². The Labute approximate surface area is 124 Å². The van der Waals surface area contributed by atoms with E-state index in [9.17, 15) is 4.79 Å². The minimum Gasteiger partial charge on any atom is -0.455 e. The molecule has 1 amide bonds. The molecule has 4 heteroatoms. The number of carbonyl (C=O) groups is 1. The fraction of sp³-hybridized carbons (Fsp3) is 0.353. The highest BCUT2D eigenvalue weighted by Gasteiger charge is 2.32. The maximum atomic E-state index is 12.7. The predicted molar refractivity (Wildman–Crippen MR) is 80.8 cm³/mol. The number of furan rings is 1. The van der Waals surface area contributed by atoms with Gasteiger partial charge in [0.05, 0.1) is 12.6 Å². The first-order valence-corrected chi connectivity index (χ1v) is 7.36. The second-order valence-electron chi connectivity index (χ2n) is 5.48. The molecule has 1 fully saturated rings. The topological polar surface area (TPSA) is 59.5 Å². The molecule has 1 aliphatic rings. The van der Waals surface area contributed by atoms with E-state index in [1.54, 1.807) is 12.1 Å². The summed E-state index contributed by atoms with van der Waals surface area (Å²) in [6.07, 6.45) is 2.02. The summed E-state index contributed by atoms with van der Waals surface area (Å²) in [4.78, 5) is 14.6. The fourth-order valence-corrected chi connectivity index (χ4v) is 3.04. The number of hydrogen-bond donors (Lipinski definition) is 1. The average molecular weight is 284 g/mol. The number of carbonyl (C=O) groups excluding carboxylic acids is 1. The molecular formula is C17H20N2O2. The van der Waals surface area contributed by atoms with E-state index in [1.165, 1.54) is 11.1 Å². The fourth-order valence-electron chi connectivity index (χ4n) is 3.04. The molecule has 21 heavy (non-hydrogen) atoms. The van der Waals surface area contributed by atoms with Crippen LogP contribution in [0.15, 0.2) is 40.8 Å². The first kappa shape index (κ1) is 13.9. The summed E-state index contributed by atoms with van der Waals surface area (Å²) in [5.74, 6) is 0.987. The van der Waals surface area contributed by atoms with Crippen molar-refractivity contribution in [2.24, 2.45) is 5.73 Å². The number of rotatable bonds is 3. The van der Waals surface area contributed by atoms with E-state index < -0.39 is 0 Å². The molecule has 0 unspecified atom stereocenters. The van der Waals surface area contributed by atoms with Gasteiger partial charge in [-0.1, -0.05) is 24.3 Å². The van der Waals surface area contributed by atoms with Crippen molar-refractivity contribution in [3.8, 4) is 0 Å². The predicted octanol–water partition coefficient (Wildman–Crippen LogP) is 3.02. The summed E-state index contributed by atoms with van der Waals surface area (Å²) in [5.41, 5.74) is 7.99. The quantitative estimate of drug-likeness (QED) is 0.942. The van der Waals surface area contributed by atoms with E-state index in [-0.39, 0.29) is 11.9 Å². The maximum absolute atomic E-state index is 12.7. The monoisotopic (exact) mass is 284 g/mol. The van der Waals surface area contributed by atoms with Crippen molar-refractivity contribution >= 4 is 5.91 Å². The molecule has 2 aromatic rings. The minimum atomic E-state index is -0.0412. The van der Waals surface area contributed by atoms with E-state index in [0.717, 1.165) is 19.4 Å². The molecule has 4 nitrogen and oxygen atoms in total. The standard InChI is InChI=1S/C17H20N2O2/c1-12-5-2-3-6-14(12)15-7-4-10-19(15)17(20)16-9-8-13(11-18)21-16/h2-3,5-6,8-9,15H,4,7,10-11,18H2,1H3/t15-/m0/s1. The number of benzene rings is 1. The van der Waals surface area contributed by atoms with Gasteiger partial charge in [-0.2, -0.15) is 0 Å². The first-order chi connectivity index (χ1) is 10.2. The van der Waals surface area contributed by atoms with E-state index >= 15 is 0 Å². The van der Waals surface area contributed by atoms with E-state index in [1.807, 2.05) is 17.0 Å². The van der Waals surface area contributed by atoms with Crippen LogP contribution in [0.25, 0.3) is 0 Å². The van der Waals surface area contributed by atoms with Gasteiger partial charge in [-0.15, -0.1) is 0 Å². The van der Waals surface area contributed by atoms with Crippen LogP contribution < -0.4 is 5.73 Å². The smallest absolute Gasteiger partial charge is 0.290 e. The van der Waals surface area contributed by atoms with Gasteiger partial charge in [0.25, 0.3) is 5.91 Å². The summed E-state index contributed by atoms with van der Waals surface area (Å²) in [7, 11) is 0. The molecular weight excluding hydrogens is 264 g/mol. The third-order valence-electron chi connectivity index (χ3n) is 4.13. The van der Waals surface area contributed by atoms with Crippen LogP contribution in [0.2, 0.25) is 0 Å². The number of hydrogen-bond acceptors (Lipinski definition) is 3. The van der Waals surface area contributed by atoms with Crippen molar-refractivity contribution in [3.05, 3.63) is 59.0 Å². The molecule has 2 N–H and O–H groups in total. The Morgan fingerprint density at radius 2 is 2.14 bits per heavy atom. The Kier molecular flexibility index (Phi) is 3.80. The highest BCUT2D eigenvalue weighted by molar-refractivity contribution is 5.92. The van der Waals surface area contributed by atoms with Crippen LogP contribution in [0.5, 0.6) is 0 Å². The lowest BCUT2D eigenvalue weighted by Crippen LogP contribution is -2.30. The summed E-state index contributed by atoms with van der Waals surface area (Å²) >= 11 is 0. The molecule has 0 radical (unpaired) electrons. The third kappa shape index (κ3) is 2.59. The van der Waals surface area contributed by atoms with Crippen molar-refractivity contribution in [1.82, 2.24) is 4.90 Å². The molecule has 1 atom stereocenters. The zero-order valence-electron chi connectivity index (χ0n) is 12.2. The third-order valence-corrected chi connectivity index (χ3v) is 4.13. The van der Waals surface area contributed by atoms with Gasteiger partial charge in [0.1, 0.15) is 5.76 Å². The van der Waals surface area contributed by atoms with Crippen molar-refractivity contribution < 1.29 is 9.21 Å². The molecule has 0 bridgehead atoms. The van der Waals surface area contributed by atoms with Crippen LogP contribution in [0, 0.1) is 6.92 Å². The van der Waals surface area contributed by atoms with Gasteiger partial charge < -0.3 is 15.1 Å². The first-order valence-electron chi connectivity index (χ1n) is 7.36. The van der Waals surface area contributed by atoms with Gasteiger partial charge in [-0.3, -0.25) is 4.79 Å². The normalized spacial score (nSPS) is 18.2. The molecule has 3 rings (SSSR count). The molecule has 1 aromatic carbocycles. The van der Waals surface area contributed by atoms with Crippen LogP contribution >= 0.6 is 0 Å². The molecule has 1 saturated heterocycles. The summed E-state index contributed by atoms with van der Waals surface area (Å²) in [6, 6.07) is 11.9. The van der Waals surface area contributed by atoms with Gasteiger partial charge in [-0.05, 0) is 43.0 Å². The molecule has 1 aliphatic heterocycles. The second-order valence-corrected chi connectivity index (χ2v) is 5.48. The highest BCUT2D eigenvalue weighted by atomic mass is 16.4. The molecule has 0 spiro atoms. The number of nitrogens with zero attached hydrogens (tertiary/aromatic N) is 1. The van der Waals surface area contributed by atoms with E-state index in [4.69, 9.17) is 10.2 Å². The van der Waals surface area contributed by atoms with Gasteiger partial charge in [-0.25, -0.2) is 0 Å². The minimum absolute atomic E-state index is 0.0412. The number of likely N-dealkylation sites (tertiary alicyclic amines) is 1. The maximum Gasteiger partial charge on any atom is 0.290 e. The largest absolute Gasteiger partial charge is 0.455 e. The molecule has 2 heterocycles. The van der Waals surface area contributed by atoms with E-state index in [0.29, 0.717) is 18.1 Å². The lowest BCUT2D eigenvalue weighted by molar-refractivity contribution is 0.0701. The zero-order valence-corrected chi connectivity index (χ0v) is 12.2. The number of nitrogens with two attached hydrogens (primary N) is 1. The Bertz CT molecular complexity index is 648. The second kappa shape index (κ2) is 5.74. The molecule has 0 aliphatic carbocycles. The number of amides is 1. The Morgan fingerprint density at radius 1 is 1.33 bits per heavy atom. The van der Waals surface area contributed by atoms with Crippen LogP contribution in [-0.4, -0.2) is 17.4 Å². The van der Waals surface area contributed by atoms with Gasteiger partial charge in [0.2, 0.25) is 0 Å². The molecule has 110 valence electrons. The van der Waals surface area contributed by atoms with Gasteiger partial charge in [0, 0.05) is 6.54 Å². The van der Waals surface area contributed by atoms with Crippen molar-refractivity contribution in [2.45, 2.75) is 32.4 Å². The lowest BCUT2D eigenvalue weighted by atomic mass is 9.99. The number of aryl methyl sites for hydroxylation is 1. The highest BCUT2D eigenvalue weighted by Crippen LogP contribution is 2.34. The molecule has 0 saturated carbocycles. The van der Waals surface area contributed by atoms with Gasteiger partial charge in [0.15, 0.2) is 5.76 Å². The lowest BCUT2D eigenvalue weighted by Gasteiger charge is -2.25. The summed E-state index contributed by atoms with van der Waals surface area (Å²) in [5, 5.41) is 0. The van der Waals surface area contributed by atoms with Gasteiger partial charge >= 0.3 is 0 Å². The van der Waals surface area contributed by atoms with Crippen LogP contribution in [0.3, 0.4) is 0 Å². The van der Waals surface area contributed by atoms with E-state index in [2.05, 4.69) is 19.1 Å². The van der Waals surface area contributed by atoms with Crippen molar-refractivity contribution in [2.75, 3.05) is 6.54 Å². The Balaban J connectivity index is 1.87. The Morgan fingerprint density at radius 3 is 2.86 bits per heavy atom. The van der Waals surface area contributed by atoms with Crippen molar-refractivity contribution in [3.63, 3.8) is 0 Å². The zero-order chi connectivity index (χ0) is 14.8. The molecule has 1 aromatic heterocycles. The summed E-state index contributed by atoms with van der Waals surface area (Å²) in [6.45, 7) is 3.18. The van der Waals surface area contributed by atoms with Crippen molar-refractivity contribution in [1.29, 1.82) is 0 Å².